The third-order valence-corrected chi connectivity index (χ3v) is 5.08. The van der Waals surface area contributed by atoms with E-state index in [1.54, 1.807) is 6.07 Å². The molecule has 2 rings (SSSR count). The summed E-state index contributed by atoms with van der Waals surface area (Å²) < 4.78 is 5.70. The highest BCUT2D eigenvalue weighted by molar-refractivity contribution is 5.76. The Kier molecular flexibility index (Phi) is 8.95. The monoisotopic (exact) mass is 378 g/mol. The van der Waals surface area contributed by atoms with E-state index < -0.39 is 12.2 Å². The maximum Gasteiger partial charge on any atom is 0.175 e. The van der Waals surface area contributed by atoms with Crippen LogP contribution in [0.25, 0.3) is 5.57 Å². The van der Waals surface area contributed by atoms with Gasteiger partial charge in [0.2, 0.25) is 0 Å². The van der Waals surface area contributed by atoms with Crippen molar-refractivity contribution < 1.29 is 24.8 Å². The molecule has 1 aliphatic rings. The highest BCUT2D eigenvalue weighted by atomic mass is 16.4. The second kappa shape index (κ2) is 11.2. The Morgan fingerprint density at radius 1 is 0.889 bits per heavy atom. The molecule has 0 saturated carbocycles. The molecule has 0 aromatic carbocycles. The molecule has 0 bridgehead atoms. The summed E-state index contributed by atoms with van der Waals surface area (Å²) in [5.41, 5.74) is 0.372. The first kappa shape index (κ1) is 21.6. The van der Waals surface area contributed by atoms with Gasteiger partial charge >= 0.3 is 0 Å². The number of aryl methyl sites for hydroxylation is 1. The third-order valence-electron chi connectivity index (χ3n) is 5.08. The molecule has 0 radical (unpaired) electrons. The molecule has 2 atom stereocenters. The van der Waals surface area contributed by atoms with Crippen LogP contribution in [-0.2, 0) is 6.42 Å². The molecule has 0 aliphatic heterocycles. The predicted octanol–water partition coefficient (Wildman–Crippen LogP) is 5.01. The van der Waals surface area contributed by atoms with Gasteiger partial charge in [-0.05, 0) is 18.6 Å². The van der Waals surface area contributed by atoms with E-state index in [9.17, 15) is 20.4 Å². The molecule has 1 aromatic rings. The fourth-order valence-electron chi connectivity index (χ4n) is 3.43. The van der Waals surface area contributed by atoms with Crippen molar-refractivity contribution >= 4 is 5.57 Å². The number of allylic oxidation sites excluding steroid dienone is 2. The Bertz CT molecular complexity index is 629. The number of rotatable bonds is 12. The number of aliphatic hydroxyl groups excluding tert-OH is 3. The van der Waals surface area contributed by atoms with Crippen molar-refractivity contribution in [3.63, 3.8) is 0 Å². The third kappa shape index (κ3) is 6.74. The molecule has 1 heterocycles. The van der Waals surface area contributed by atoms with Crippen molar-refractivity contribution in [1.82, 2.24) is 0 Å². The lowest BCUT2D eigenvalue weighted by molar-refractivity contribution is 0.0438. The summed E-state index contributed by atoms with van der Waals surface area (Å²) in [6.45, 7) is 2.24. The number of hydrogen-bond acceptors (Lipinski definition) is 5. The fraction of sp³-hybridized carbons (Fsp3) is 0.636. The van der Waals surface area contributed by atoms with Gasteiger partial charge in [0.1, 0.15) is 23.7 Å². The van der Waals surface area contributed by atoms with E-state index in [1.807, 2.05) is 0 Å². The van der Waals surface area contributed by atoms with Crippen LogP contribution < -0.4 is 0 Å². The molecule has 152 valence electrons. The Balaban J connectivity index is 1.70. The smallest absolute Gasteiger partial charge is 0.175 e. The standard InChI is InChI=1S/C22H34O5/c1-2-3-4-5-6-7-8-9-10-11-12-17-15-20(25)22(27-17)16-13-18(23)21(26)19(24)14-16/h13-15,18,21,23-26H,2-12H2,1H3. The van der Waals surface area contributed by atoms with E-state index in [4.69, 9.17) is 4.42 Å². The van der Waals surface area contributed by atoms with Gasteiger partial charge < -0.3 is 24.8 Å². The molecule has 5 nitrogen and oxygen atoms in total. The first-order chi connectivity index (χ1) is 13.0. The van der Waals surface area contributed by atoms with Crippen LogP contribution in [0.1, 0.15) is 82.7 Å². The van der Waals surface area contributed by atoms with Gasteiger partial charge in [0, 0.05) is 18.1 Å². The molecule has 5 heteroatoms. The molecule has 0 spiro atoms. The summed E-state index contributed by atoms with van der Waals surface area (Å²) in [6.07, 6.45) is 13.5. The maximum absolute atomic E-state index is 10.1. The number of hydrogen-bond donors (Lipinski definition) is 4. The van der Waals surface area contributed by atoms with Crippen LogP contribution in [-0.4, -0.2) is 32.6 Å². The number of unbranched alkanes of at least 4 members (excludes halogenated alkanes) is 9. The SMILES string of the molecule is CCCCCCCCCCCCc1cc(O)c(C2=CC(O)C(O)C(O)=C2)o1. The van der Waals surface area contributed by atoms with Gasteiger partial charge in [0.15, 0.2) is 11.5 Å². The van der Waals surface area contributed by atoms with E-state index in [-0.39, 0.29) is 17.3 Å². The molecule has 2 unspecified atom stereocenters. The highest BCUT2D eigenvalue weighted by Crippen LogP contribution is 2.34. The van der Waals surface area contributed by atoms with Crippen LogP contribution in [0.3, 0.4) is 0 Å². The second-order valence-electron chi connectivity index (χ2n) is 7.49. The average Bonchev–Trinajstić information content (AvgIpc) is 3.01. The summed E-state index contributed by atoms with van der Waals surface area (Å²) >= 11 is 0. The lowest BCUT2D eigenvalue weighted by Gasteiger charge is -2.19. The largest absolute Gasteiger partial charge is 0.509 e. The summed E-state index contributed by atoms with van der Waals surface area (Å²) in [5, 5.41) is 39.0. The summed E-state index contributed by atoms with van der Waals surface area (Å²) in [6, 6.07) is 1.59. The van der Waals surface area contributed by atoms with E-state index in [2.05, 4.69) is 6.92 Å². The minimum atomic E-state index is -1.34. The lowest BCUT2D eigenvalue weighted by Crippen LogP contribution is -2.28. The van der Waals surface area contributed by atoms with E-state index in [0.717, 1.165) is 19.3 Å². The molecule has 1 aromatic heterocycles. The van der Waals surface area contributed by atoms with Crippen LogP contribution in [0.15, 0.2) is 28.4 Å². The Labute approximate surface area is 162 Å². The van der Waals surface area contributed by atoms with Crippen molar-refractivity contribution in [3.8, 4) is 5.75 Å². The van der Waals surface area contributed by atoms with Crippen LogP contribution in [0.5, 0.6) is 5.75 Å². The Morgan fingerprint density at radius 2 is 1.48 bits per heavy atom. The van der Waals surface area contributed by atoms with Crippen molar-refractivity contribution in [2.45, 2.75) is 89.8 Å². The van der Waals surface area contributed by atoms with Crippen LogP contribution in [0.4, 0.5) is 0 Å². The molecule has 0 amide bonds. The minimum absolute atomic E-state index is 0.0176. The van der Waals surface area contributed by atoms with Crippen LogP contribution in [0.2, 0.25) is 0 Å². The van der Waals surface area contributed by atoms with Crippen LogP contribution >= 0.6 is 0 Å². The normalized spacial score (nSPS) is 19.8. The second-order valence-corrected chi connectivity index (χ2v) is 7.49. The predicted molar refractivity (Wildman–Crippen MR) is 107 cm³/mol. The molecular weight excluding hydrogens is 344 g/mol. The van der Waals surface area contributed by atoms with Crippen molar-refractivity contribution in [1.29, 1.82) is 0 Å². The van der Waals surface area contributed by atoms with E-state index in [1.165, 1.54) is 63.5 Å². The van der Waals surface area contributed by atoms with Gasteiger partial charge in [-0.15, -0.1) is 0 Å². The van der Waals surface area contributed by atoms with Crippen LogP contribution in [0, 0.1) is 0 Å². The summed E-state index contributed by atoms with van der Waals surface area (Å²) in [5.74, 6) is 0.550. The number of furan rings is 1. The lowest BCUT2D eigenvalue weighted by atomic mass is 9.99. The van der Waals surface area contributed by atoms with Gasteiger partial charge in [-0.2, -0.15) is 0 Å². The zero-order chi connectivity index (χ0) is 19.6. The average molecular weight is 379 g/mol. The summed E-state index contributed by atoms with van der Waals surface area (Å²) in [4.78, 5) is 0. The fourth-order valence-corrected chi connectivity index (χ4v) is 3.43. The Morgan fingerprint density at radius 3 is 2.07 bits per heavy atom. The quantitative estimate of drug-likeness (QED) is 0.384. The molecule has 0 saturated heterocycles. The number of aromatic hydroxyl groups is 1. The highest BCUT2D eigenvalue weighted by Gasteiger charge is 2.26. The van der Waals surface area contributed by atoms with E-state index >= 15 is 0 Å². The first-order valence-corrected chi connectivity index (χ1v) is 10.3. The van der Waals surface area contributed by atoms with E-state index in [0.29, 0.717) is 11.3 Å². The van der Waals surface area contributed by atoms with Gasteiger partial charge in [-0.3, -0.25) is 0 Å². The zero-order valence-electron chi connectivity index (χ0n) is 16.4. The van der Waals surface area contributed by atoms with Gasteiger partial charge in [0.05, 0.1) is 0 Å². The van der Waals surface area contributed by atoms with Gasteiger partial charge in [-0.1, -0.05) is 64.7 Å². The Hall–Kier alpha value is -1.72. The first-order valence-electron chi connectivity index (χ1n) is 10.3. The van der Waals surface area contributed by atoms with Crippen molar-refractivity contribution in [2.24, 2.45) is 0 Å². The minimum Gasteiger partial charge on any atom is -0.509 e. The molecule has 27 heavy (non-hydrogen) atoms. The topological polar surface area (TPSA) is 94.1 Å². The van der Waals surface area contributed by atoms with Crippen molar-refractivity contribution in [3.05, 3.63) is 35.5 Å². The molecular formula is C22H34O5. The molecule has 0 fully saturated rings. The zero-order valence-corrected chi connectivity index (χ0v) is 16.4. The van der Waals surface area contributed by atoms with Gasteiger partial charge in [0.25, 0.3) is 0 Å². The number of aliphatic hydroxyl groups is 3. The van der Waals surface area contributed by atoms with Crippen molar-refractivity contribution in [2.75, 3.05) is 0 Å². The van der Waals surface area contributed by atoms with Gasteiger partial charge in [-0.25, -0.2) is 0 Å². The summed E-state index contributed by atoms with van der Waals surface area (Å²) in [7, 11) is 0. The molecule has 1 aliphatic carbocycles. The maximum atomic E-state index is 10.1. The molecule has 4 N–H and O–H groups in total.